The van der Waals surface area contributed by atoms with Crippen LogP contribution in [0.1, 0.15) is 44.5 Å². The Morgan fingerprint density at radius 3 is 1.08 bits per heavy atom. The van der Waals surface area contributed by atoms with Gasteiger partial charge in [-0.05, 0) is 35.4 Å². The maximum atomic E-state index is 17.1. The lowest BCUT2D eigenvalue weighted by molar-refractivity contribution is -0.140. The number of allylic oxidation sites excluding steroid dienone is 8. The third kappa shape index (κ3) is 4.92. The molecule has 0 N–H and O–H groups in total. The van der Waals surface area contributed by atoms with E-state index in [2.05, 4.69) is 0 Å². The van der Waals surface area contributed by atoms with Gasteiger partial charge < -0.3 is 0 Å². The first-order valence-electron chi connectivity index (χ1n) is 13.2. The van der Waals surface area contributed by atoms with Crippen LogP contribution in [0.5, 0.6) is 0 Å². The molecule has 50 heavy (non-hydrogen) atoms. The first kappa shape index (κ1) is 34.2. The van der Waals surface area contributed by atoms with Crippen molar-refractivity contribution in [1.29, 1.82) is 31.6 Å². The number of benzene rings is 3. The normalized spacial score (nSPS) is 13.4. The van der Waals surface area contributed by atoms with Crippen molar-refractivity contribution in [3.63, 3.8) is 0 Å². The number of hydrogen-bond donors (Lipinski definition) is 0. The summed E-state index contributed by atoms with van der Waals surface area (Å²) in [5, 5.41) is 59.3. The van der Waals surface area contributed by atoms with E-state index in [-0.39, 0.29) is 12.1 Å². The summed E-state index contributed by atoms with van der Waals surface area (Å²) in [6, 6.07) is 10.6. The van der Waals surface area contributed by atoms with Crippen LogP contribution in [0.2, 0.25) is 0 Å². The van der Waals surface area contributed by atoms with Crippen molar-refractivity contribution in [2.45, 2.75) is 12.4 Å². The highest BCUT2D eigenvalue weighted by molar-refractivity contribution is 6.30. The zero-order valence-electron chi connectivity index (χ0n) is 23.9. The van der Waals surface area contributed by atoms with E-state index in [1.165, 1.54) is 36.4 Å². The second-order valence-corrected chi connectivity index (χ2v) is 10.2. The van der Waals surface area contributed by atoms with Gasteiger partial charge in [0.25, 0.3) is 0 Å². The molecular weight excluding hydrogens is 682 g/mol. The Morgan fingerprint density at radius 1 is 0.480 bits per heavy atom. The fourth-order valence-corrected chi connectivity index (χ4v) is 5.75. The van der Waals surface area contributed by atoms with Gasteiger partial charge in [0.05, 0.1) is 22.3 Å². The summed E-state index contributed by atoms with van der Waals surface area (Å²) in [7, 11) is 0. The molecule has 0 bridgehead atoms. The summed E-state index contributed by atoms with van der Waals surface area (Å²) in [6.07, 6.45) is -10.7. The molecule has 0 saturated heterocycles. The van der Waals surface area contributed by atoms with Gasteiger partial charge in [-0.3, -0.25) is 0 Å². The second kappa shape index (κ2) is 11.8. The molecule has 2 aliphatic rings. The summed E-state index contributed by atoms with van der Waals surface area (Å²) < 4.78 is 144. The number of halogens is 10. The zero-order chi connectivity index (χ0) is 37.0. The van der Waals surface area contributed by atoms with Crippen molar-refractivity contribution < 1.29 is 43.9 Å². The lowest BCUT2D eigenvalue weighted by atomic mass is 9.87. The quantitative estimate of drug-likeness (QED) is 0.195. The van der Waals surface area contributed by atoms with Crippen LogP contribution in [0, 0.1) is 91.3 Å². The van der Waals surface area contributed by atoms with Crippen LogP contribution in [0.3, 0.4) is 0 Å². The van der Waals surface area contributed by atoms with Crippen LogP contribution < -0.4 is 0 Å². The Kier molecular flexibility index (Phi) is 8.09. The number of fused-ring (bicyclic) bond motifs is 2. The second-order valence-electron chi connectivity index (χ2n) is 10.2. The fourth-order valence-electron chi connectivity index (χ4n) is 5.75. The monoisotopic (exact) mass is 688 g/mol. The third-order valence-electron chi connectivity index (χ3n) is 7.67. The van der Waals surface area contributed by atoms with Crippen molar-refractivity contribution in [3.05, 3.63) is 115 Å². The topological polar surface area (TPSA) is 143 Å². The van der Waals surface area contributed by atoms with Crippen molar-refractivity contribution in [3.8, 4) is 36.4 Å². The number of rotatable bonds is 2. The van der Waals surface area contributed by atoms with Crippen LogP contribution in [0.4, 0.5) is 43.9 Å². The van der Waals surface area contributed by atoms with Crippen molar-refractivity contribution in [2.24, 2.45) is 0 Å². The van der Waals surface area contributed by atoms with Crippen LogP contribution in [-0.4, -0.2) is 0 Å². The van der Waals surface area contributed by atoms with Gasteiger partial charge in [0.15, 0.2) is 0 Å². The molecule has 3 aromatic rings. The zero-order valence-corrected chi connectivity index (χ0v) is 23.9. The number of hydrogen-bond acceptors (Lipinski definition) is 6. The molecule has 5 rings (SSSR count). The molecule has 16 heteroatoms. The van der Waals surface area contributed by atoms with Crippen molar-refractivity contribution in [1.82, 2.24) is 0 Å². The fraction of sp³-hybridized carbons (Fsp3) is 0.0588. The summed E-state index contributed by atoms with van der Waals surface area (Å²) in [6.45, 7) is 0. The third-order valence-corrected chi connectivity index (χ3v) is 7.67. The van der Waals surface area contributed by atoms with E-state index in [4.69, 9.17) is 0 Å². The summed E-state index contributed by atoms with van der Waals surface area (Å²) in [5.74, 6) is -7.07. The summed E-state index contributed by atoms with van der Waals surface area (Å²) >= 11 is 0. The maximum absolute atomic E-state index is 17.1. The van der Waals surface area contributed by atoms with Gasteiger partial charge >= 0.3 is 12.4 Å². The van der Waals surface area contributed by atoms with E-state index >= 15 is 8.78 Å². The minimum Gasteiger partial charge on any atom is -0.206 e. The van der Waals surface area contributed by atoms with E-state index in [0.29, 0.717) is 24.3 Å². The molecule has 0 aromatic heterocycles. The molecule has 2 aliphatic carbocycles. The minimum absolute atomic E-state index is 0.157. The molecule has 0 spiro atoms. The SMILES string of the molecule is N#CC(C#N)=C1C(c2ccc(F)c(C(F)(F)F)c2)=C(C#N)c2c(F)c3c(c(F)c21)C(=C(C#N)C#N)C(c1ccc(F)c(C(F)(F)F)c1)=C3C#N. The van der Waals surface area contributed by atoms with Gasteiger partial charge in [0.2, 0.25) is 0 Å². The molecule has 0 saturated carbocycles. The van der Waals surface area contributed by atoms with Gasteiger partial charge in [0, 0.05) is 44.5 Å². The Morgan fingerprint density at radius 2 is 0.800 bits per heavy atom. The smallest absolute Gasteiger partial charge is 0.206 e. The maximum Gasteiger partial charge on any atom is 0.419 e. The van der Waals surface area contributed by atoms with Gasteiger partial charge in [0.1, 0.15) is 70.8 Å². The Bertz CT molecular complexity index is 2300. The first-order chi connectivity index (χ1) is 23.5. The highest BCUT2D eigenvalue weighted by Crippen LogP contribution is 2.57. The molecule has 0 heterocycles. The van der Waals surface area contributed by atoms with Crippen molar-refractivity contribution >= 4 is 33.4 Å². The average molecular weight is 688 g/mol. The Balaban J connectivity index is 2.02. The number of nitriles is 6. The van der Waals surface area contributed by atoms with Gasteiger partial charge in [-0.2, -0.15) is 57.9 Å². The van der Waals surface area contributed by atoms with E-state index in [1.807, 2.05) is 0 Å². The molecule has 0 atom stereocenters. The Hall–Kier alpha value is -7.14. The van der Waals surface area contributed by atoms with Crippen LogP contribution in [-0.2, 0) is 12.4 Å². The average Bonchev–Trinajstić information content (AvgIpc) is 3.59. The predicted octanol–water partition coefficient (Wildman–Crippen LogP) is 8.78. The highest BCUT2D eigenvalue weighted by atomic mass is 19.4. The number of alkyl halides is 6. The summed E-state index contributed by atoms with van der Waals surface area (Å²) in [5.41, 5.74) is -17.6. The molecule has 242 valence electrons. The molecule has 3 aromatic carbocycles. The minimum atomic E-state index is -5.34. The predicted molar refractivity (Wildman–Crippen MR) is 150 cm³/mol. The van der Waals surface area contributed by atoms with Gasteiger partial charge in [-0.15, -0.1) is 0 Å². The highest BCUT2D eigenvalue weighted by Gasteiger charge is 2.45. The Labute approximate surface area is 273 Å². The standard InChI is InChI=1S/C34H6F10N6/c35-21-3-1-13(5-19(21)33(39,40)41)23-17(11-49)27-29(25(23)15(7-45)8-46)32(38)30-26(16(9-47)10-48)24(18(12-50)28(30)31(27)37)14-2-4-22(36)20(6-14)34(42,43)44/h1-6H. The van der Waals surface area contributed by atoms with Crippen molar-refractivity contribution in [2.75, 3.05) is 0 Å². The van der Waals surface area contributed by atoms with Crippen LogP contribution in [0.15, 0.2) is 47.5 Å². The lowest BCUT2D eigenvalue weighted by Crippen LogP contribution is -2.09. The van der Waals surface area contributed by atoms with E-state index in [1.54, 1.807) is 0 Å². The van der Waals surface area contributed by atoms with Crippen LogP contribution in [0.25, 0.3) is 33.4 Å². The van der Waals surface area contributed by atoms with E-state index in [9.17, 15) is 66.7 Å². The molecule has 0 amide bonds. The molecule has 0 unspecified atom stereocenters. The molecule has 0 fully saturated rings. The van der Waals surface area contributed by atoms with Gasteiger partial charge in [-0.1, -0.05) is 12.1 Å². The van der Waals surface area contributed by atoms with E-state index in [0.717, 1.165) is 0 Å². The molecule has 6 nitrogen and oxygen atoms in total. The number of nitrogens with zero attached hydrogens (tertiary/aromatic N) is 6. The summed E-state index contributed by atoms with van der Waals surface area (Å²) in [4.78, 5) is 0. The van der Waals surface area contributed by atoms with E-state index < -0.39 is 125 Å². The largest absolute Gasteiger partial charge is 0.419 e. The molecule has 0 aliphatic heterocycles. The molecular formula is C34H6F10N6. The first-order valence-corrected chi connectivity index (χ1v) is 13.2. The molecule has 0 radical (unpaired) electrons. The van der Waals surface area contributed by atoms with Crippen LogP contribution >= 0.6 is 0 Å². The van der Waals surface area contributed by atoms with Gasteiger partial charge in [-0.25, -0.2) is 17.6 Å². The lowest BCUT2D eigenvalue weighted by Gasteiger charge is -2.15.